The Bertz CT molecular complexity index is 1190. The van der Waals surface area contributed by atoms with Crippen LogP contribution in [-0.4, -0.2) is 39.5 Å². The molecular formula is C24H22F4N2O2. The molecular weight excluding hydrogens is 424 g/mol. The van der Waals surface area contributed by atoms with Gasteiger partial charge in [0.25, 0.3) is 5.92 Å². The van der Waals surface area contributed by atoms with Gasteiger partial charge in [0.1, 0.15) is 11.6 Å². The maximum Gasteiger partial charge on any atom is 0.328 e. The van der Waals surface area contributed by atoms with Crippen molar-refractivity contribution >= 4 is 22.9 Å². The molecule has 0 bridgehead atoms. The SMILES string of the molecule is C[C@@H]1Cc2c([nH]c3ccccc23)[C@@H](c2c(F)cc(/C=C/C(=O)O)cc2F)N1CC(C)(F)F. The minimum atomic E-state index is -3.08. The number of hydrogen-bond acceptors (Lipinski definition) is 2. The molecule has 0 radical (unpaired) electrons. The molecule has 1 aliphatic heterocycles. The second kappa shape index (κ2) is 8.09. The quantitative estimate of drug-likeness (QED) is 0.400. The topological polar surface area (TPSA) is 56.3 Å². The lowest BCUT2D eigenvalue weighted by Gasteiger charge is -2.42. The Morgan fingerprint density at radius 3 is 2.53 bits per heavy atom. The summed E-state index contributed by atoms with van der Waals surface area (Å²) in [5, 5.41) is 9.66. The van der Waals surface area contributed by atoms with Crippen LogP contribution in [0.4, 0.5) is 17.6 Å². The monoisotopic (exact) mass is 446 g/mol. The van der Waals surface area contributed by atoms with Gasteiger partial charge in [-0.15, -0.1) is 0 Å². The Morgan fingerprint density at radius 2 is 1.91 bits per heavy atom. The van der Waals surface area contributed by atoms with Gasteiger partial charge in [-0.3, -0.25) is 4.90 Å². The number of alkyl halides is 2. The molecule has 4 nitrogen and oxygen atoms in total. The summed E-state index contributed by atoms with van der Waals surface area (Å²) in [5.74, 6) is -6.19. The van der Waals surface area contributed by atoms with Crippen molar-refractivity contribution in [1.82, 2.24) is 9.88 Å². The Kier molecular flexibility index (Phi) is 5.58. The van der Waals surface area contributed by atoms with Gasteiger partial charge in [0.05, 0.1) is 12.6 Å². The van der Waals surface area contributed by atoms with E-state index in [9.17, 15) is 13.6 Å². The summed E-state index contributed by atoms with van der Waals surface area (Å²) in [7, 11) is 0. The summed E-state index contributed by atoms with van der Waals surface area (Å²) in [5.41, 5.74) is 1.78. The zero-order chi connectivity index (χ0) is 23.2. The number of aliphatic carboxylic acids is 1. The lowest BCUT2D eigenvalue weighted by Crippen LogP contribution is -2.47. The minimum Gasteiger partial charge on any atom is -0.478 e. The number of carbonyl (C=O) groups is 1. The first-order chi connectivity index (χ1) is 15.0. The highest BCUT2D eigenvalue weighted by atomic mass is 19.3. The molecule has 0 saturated carbocycles. The normalized spacial score (nSPS) is 19.6. The van der Waals surface area contributed by atoms with Gasteiger partial charge in [0, 0.05) is 41.2 Å². The summed E-state index contributed by atoms with van der Waals surface area (Å²) >= 11 is 0. The number of nitrogens with zero attached hydrogens (tertiary/aromatic N) is 1. The third-order valence-corrected chi connectivity index (χ3v) is 5.77. The molecule has 2 N–H and O–H groups in total. The molecule has 0 aliphatic carbocycles. The molecule has 8 heteroatoms. The van der Waals surface area contributed by atoms with E-state index in [1.807, 2.05) is 24.3 Å². The highest BCUT2D eigenvalue weighted by Gasteiger charge is 2.42. The second-order valence-corrected chi connectivity index (χ2v) is 8.33. The standard InChI is InChI=1S/C24H22F4N2O2/c1-13-9-16-15-5-3-4-6-19(15)29-22(16)23(30(13)12-24(2,27)28)21-17(25)10-14(11-18(21)26)7-8-20(31)32/h3-8,10-11,13,23,29H,9,12H2,1-2H3,(H,31,32)/b8-7+/t13-,23-/m1/s1. The molecule has 0 fully saturated rings. The number of carboxylic acids is 1. The summed E-state index contributed by atoms with van der Waals surface area (Å²) in [6.07, 6.45) is 2.30. The molecule has 2 atom stereocenters. The van der Waals surface area contributed by atoms with E-state index < -0.39 is 42.2 Å². The summed E-state index contributed by atoms with van der Waals surface area (Å²) in [4.78, 5) is 15.4. The van der Waals surface area contributed by atoms with Crippen molar-refractivity contribution in [2.75, 3.05) is 6.54 Å². The number of carboxylic acid groups (broad SMARTS) is 1. The van der Waals surface area contributed by atoms with E-state index in [4.69, 9.17) is 5.11 Å². The first-order valence-corrected chi connectivity index (χ1v) is 10.2. The van der Waals surface area contributed by atoms with Crippen LogP contribution in [0.25, 0.3) is 17.0 Å². The average molecular weight is 446 g/mol. The van der Waals surface area contributed by atoms with Crippen LogP contribution in [0.1, 0.15) is 42.3 Å². The molecule has 0 spiro atoms. The van der Waals surface area contributed by atoms with E-state index in [1.165, 1.54) is 4.90 Å². The van der Waals surface area contributed by atoms with Crippen LogP contribution in [0.2, 0.25) is 0 Å². The van der Waals surface area contributed by atoms with E-state index in [1.54, 1.807) is 6.92 Å². The van der Waals surface area contributed by atoms with Crippen LogP contribution in [-0.2, 0) is 11.2 Å². The lowest BCUT2D eigenvalue weighted by atomic mass is 9.87. The predicted molar refractivity (Wildman–Crippen MR) is 114 cm³/mol. The highest BCUT2D eigenvalue weighted by Crippen LogP contribution is 2.43. The number of benzene rings is 2. The van der Waals surface area contributed by atoms with Gasteiger partial charge in [-0.2, -0.15) is 0 Å². The Morgan fingerprint density at radius 1 is 1.25 bits per heavy atom. The van der Waals surface area contributed by atoms with Crippen LogP contribution >= 0.6 is 0 Å². The van der Waals surface area contributed by atoms with Gasteiger partial charge >= 0.3 is 5.97 Å². The van der Waals surface area contributed by atoms with Crippen molar-refractivity contribution in [3.8, 4) is 0 Å². The lowest BCUT2D eigenvalue weighted by molar-refractivity contribution is -0.131. The number of fused-ring (bicyclic) bond motifs is 3. The smallest absolute Gasteiger partial charge is 0.328 e. The molecule has 3 aromatic rings. The number of para-hydroxylation sites is 1. The van der Waals surface area contributed by atoms with E-state index in [0.29, 0.717) is 12.1 Å². The van der Waals surface area contributed by atoms with Crippen molar-refractivity contribution in [3.05, 3.63) is 76.5 Å². The van der Waals surface area contributed by atoms with E-state index in [-0.39, 0.29) is 11.1 Å². The number of hydrogen-bond donors (Lipinski definition) is 2. The fourth-order valence-corrected chi connectivity index (χ4v) is 4.51. The van der Waals surface area contributed by atoms with Crippen LogP contribution in [0, 0.1) is 11.6 Å². The van der Waals surface area contributed by atoms with Gasteiger partial charge < -0.3 is 10.1 Å². The Labute approximate surface area is 182 Å². The van der Waals surface area contributed by atoms with Crippen molar-refractivity contribution in [2.45, 2.75) is 38.3 Å². The van der Waals surface area contributed by atoms with E-state index >= 15 is 8.78 Å². The fraction of sp³-hybridized carbons (Fsp3) is 0.292. The molecule has 0 amide bonds. The largest absolute Gasteiger partial charge is 0.478 e. The van der Waals surface area contributed by atoms with Gasteiger partial charge in [0.15, 0.2) is 0 Å². The van der Waals surface area contributed by atoms with Crippen molar-refractivity contribution < 1.29 is 27.5 Å². The number of H-pyrrole nitrogens is 1. The molecule has 2 aromatic carbocycles. The molecule has 0 saturated heterocycles. The third kappa shape index (κ3) is 4.14. The van der Waals surface area contributed by atoms with Gasteiger partial charge in [0.2, 0.25) is 0 Å². The Hall–Kier alpha value is -3.13. The van der Waals surface area contributed by atoms with Crippen LogP contribution in [0.3, 0.4) is 0 Å². The van der Waals surface area contributed by atoms with Crippen molar-refractivity contribution in [2.24, 2.45) is 0 Å². The average Bonchev–Trinajstić information content (AvgIpc) is 3.05. The molecule has 1 aliphatic rings. The van der Waals surface area contributed by atoms with Crippen LogP contribution in [0.5, 0.6) is 0 Å². The van der Waals surface area contributed by atoms with Gasteiger partial charge in [-0.25, -0.2) is 22.4 Å². The van der Waals surface area contributed by atoms with E-state index in [2.05, 4.69) is 4.98 Å². The zero-order valence-electron chi connectivity index (χ0n) is 17.5. The molecule has 32 heavy (non-hydrogen) atoms. The first-order valence-electron chi connectivity index (χ1n) is 10.2. The second-order valence-electron chi connectivity index (χ2n) is 8.33. The van der Waals surface area contributed by atoms with Crippen molar-refractivity contribution in [1.29, 1.82) is 0 Å². The van der Waals surface area contributed by atoms with E-state index in [0.717, 1.165) is 47.7 Å². The van der Waals surface area contributed by atoms with Gasteiger partial charge in [-0.05, 0) is 48.7 Å². The van der Waals surface area contributed by atoms with Crippen LogP contribution in [0.15, 0.2) is 42.5 Å². The van der Waals surface area contributed by atoms with Crippen LogP contribution < -0.4 is 0 Å². The first kappa shape index (κ1) is 22.1. The summed E-state index contributed by atoms with van der Waals surface area (Å²) in [6, 6.07) is 7.95. The number of halogens is 4. The molecule has 0 unspecified atom stereocenters. The number of aromatic amines is 1. The molecule has 1 aromatic heterocycles. The van der Waals surface area contributed by atoms with Gasteiger partial charge in [-0.1, -0.05) is 18.2 Å². The minimum absolute atomic E-state index is 0.0271. The molecule has 2 heterocycles. The maximum atomic E-state index is 15.3. The fourth-order valence-electron chi connectivity index (χ4n) is 4.51. The Balaban J connectivity index is 1.92. The summed E-state index contributed by atoms with van der Waals surface area (Å²) in [6.45, 7) is 1.88. The molecule has 4 rings (SSSR count). The highest BCUT2D eigenvalue weighted by molar-refractivity contribution is 5.86. The maximum absolute atomic E-state index is 15.3. The zero-order valence-corrected chi connectivity index (χ0v) is 17.5. The number of nitrogens with one attached hydrogen (secondary N) is 1. The third-order valence-electron chi connectivity index (χ3n) is 5.77. The predicted octanol–water partition coefficient (Wildman–Crippen LogP) is 5.54. The molecule has 168 valence electrons. The summed E-state index contributed by atoms with van der Waals surface area (Å²) < 4.78 is 58.7. The number of rotatable bonds is 5. The number of aromatic nitrogens is 1. The van der Waals surface area contributed by atoms with Crippen molar-refractivity contribution in [3.63, 3.8) is 0 Å².